The first-order chi connectivity index (χ1) is 18.1. The molecule has 0 bridgehead atoms. The van der Waals surface area contributed by atoms with Crippen LogP contribution in [-0.2, 0) is 32.6 Å². The summed E-state index contributed by atoms with van der Waals surface area (Å²) in [5.41, 5.74) is 1.97. The Balaban J connectivity index is 2.04. The van der Waals surface area contributed by atoms with Gasteiger partial charge in [-0.25, -0.2) is 8.42 Å². The third kappa shape index (κ3) is 8.06. The van der Waals surface area contributed by atoms with Gasteiger partial charge >= 0.3 is 0 Å². The van der Waals surface area contributed by atoms with Crippen LogP contribution in [0.4, 0.5) is 5.69 Å². The molecule has 0 aromatic heterocycles. The molecular formula is C28H32BrN3O5S. The number of benzene rings is 3. The molecule has 1 atom stereocenters. The molecule has 8 nitrogen and oxygen atoms in total. The van der Waals surface area contributed by atoms with Gasteiger partial charge in [0, 0.05) is 24.0 Å². The van der Waals surface area contributed by atoms with Crippen LogP contribution >= 0.6 is 15.9 Å². The fourth-order valence-corrected chi connectivity index (χ4v) is 5.15. The number of rotatable bonds is 12. The van der Waals surface area contributed by atoms with Gasteiger partial charge in [-0.1, -0.05) is 58.4 Å². The van der Waals surface area contributed by atoms with Gasteiger partial charge in [-0.2, -0.15) is 0 Å². The molecule has 0 saturated carbocycles. The smallest absolute Gasteiger partial charge is 0.244 e. The Morgan fingerprint density at radius 3 is 2.24 bits per heavy atom. The van der Waals surface area contributed by atoms with Crippen molar-refractivity contribution in [2.24, 2.45) is 0 Å². The van der Waals surface area contributed by atoms with E-state index >= 15 is 0 Å². The van der Waals surface area contributed by atoms with E-state index in [1.54, 1.807) is 49.6 Å². The summed E-state index contributed by atoms with van der Waals surface area (Å²) >= 11 is 3.35. The lowest BCUT2D eigenvalue weighted by molar-refractivity contribution is -0.140. The zero-order chi connectivity index (χ0) is 27.7. The van der Waals surface area contributed by atoms with Crippen molar-refractivity contribution in [3.05, 3.63) is 94.5 Å². The molecular weight excluding hydrogens is 570 g/mol. The number of amides is 2. The van der Waals surface area contributed by atoms with Crippen molar-refractivity contribution in [2.75, 3.05) is 30.8 Å². The van der Waals surface area contributed by atoms with Gasteiger partial charge in [0.1, 0.15) is 18.3 Å². The number of likely N-dealkylation sites (N-methyl/N-ethyl adjacent to an activating group) is 1. The Morgan fingerprint density at radius 2 is 1.63 bits per heavy atom. The maximum Gasteiger partial charge on any atom is 0.244 e. The second-order valence-corrected chi connectivity index (χ2v) is 11.5. The van der Waals surface area contributed by atoms with Gasteiger partial charge in [-0.3, -0.25) is 13.9 Å². The molecule has 0 aliphatic carbocycles. The summed E-state index contributed by atoms with van der Waals surface area (Å²) in [5.74, 6) is -0.212. The van der Waals surface area contributed by atoms with E-state index < -0.39 is 28.5 Å². The quantitative estimate of drug-likeness (QED) is 0.338. The standard InChI is InChI=1S/C28H32BrN3O5S/c1-4-30-28(34)26(18-21-9-6-5-7-10-21)31(19-22-11-8-12-25(17-22)37-2)27(33)20-32(38(3,35)36)24-15-13-23(29)14-16-24/h5-17,26H,4,18-20H2,1-3H3,(H,30,34). The third-order valence-electron chi connectivity index (χ3n) is 5.90. The Kier molecular flexibility index (Phi) is 10.3. The number of hydrogen-bond donors (Lipinski definition) is 1. The van der Waals surface area contributed by atoms with Gasteiger partial charge in [-0.15, -0.1) is 0 Å². The number of nitrogens with one attached hydrogen (secondary N) is 1. The minimum atomic E-state index is -3.81. The molecule has 0 radical (unpaired) electrons. The van der Waals surface area contributed by atoms with Crippen LogP contribution in [0.25, 0.3) is 0 Å². The monoisotopic (exact) mass is 601 g/mol. The number of anilines is 1. The molecule has 3 aromatic rings. The Bertz CT molecular complexity index is 1330. The van der Waals surface area contributed by atoms with E-state index in [1.807, 2.05) is 43.3 Å². The van der Waals surface area contributed by atoms with Crippen LogP contribution in [-0.4, -0.2) is 57.6 Å². The fourth-order valence-electron chi connectivity index (χ4n) is 4.03. The van der Waals surface area contributed by atoms with Crippen LogP contribution in [0.2, 0.25) is 0 Å². The van der Waals surface area contributed by atoms with Crippen LogP contribution in [0, 0.1) is 0 Å². The lowest BCUT2D eigenvalue weighted by Gasteiger charge is -2.33. The van der Waals surface area contributed by atoms with Crippen LogP contribution in [0.1, 0.15) is 18.1 Å². The molecule has 3 aromatic carbocycles. The average Bonchev–Trinajstić information content (AvgIpc) is 2.90. The summed E-state index contributed by atoms with van der Waals surface area (Å²) in [6, 6.07) is 22.4. The number of hydrogen-bond acceptors (Lipinski definition) is 5. The number of ether oxygens (including phenoxy) is 1. The molecule has 202 valence electrons. The van der Waals surface area contributed by atoms with Gasteiger partial charge in [0.05, 0.1) is 19.1 Å². The first-order valence-corrected chi connectivity index (χ1v) is 14.7. The van der Waals surface area contributed by atoms with Gasteiger partial charge in [0.15, 0.2) is 0 Å². The van der Waals surface area contributed by atoms with Crippen LogP contribution in [0.3, 0.4) is 0 Å². The van der Waals surface area contributed by atoms with Crippen molar-refractivity contribution in [3.8, 4) is 5.75 Å². The van der Waals surface area contributed by atoms with Crippen molar-refractivity contribution >= 4 is 43.5 Å². The van der Waals surface area contributed by atoms with E-state index in [9.17, 15) is 18.0 Å². The van der Waals surface area contributed by atoms with Crippen LogP contribution in [0.5, 0.6) is 5.75 Å². The molecule has 10 heteroatoms. The second kappa shape index (κ2) is 13.4. The van der Waals surface area contributed by atoms with Crippen molar-refractivity contribution < 1.29 is 22.7 Å². The zero-order valence-electron chi connectivity index (χ0n) is 21.6. The van der Waals surface area contributed by atoms with Crippen molar-refractivity contribution in [1.29, 1.82) is 0 Å². The largest absolute Gasteiger partial charge is 0.497 e. The second-order valence-electron chi connectivity index (χ2n) is 8.72. The fraction of sp³-hybridized carbons (Fsp3) is 0.286. The minimum absolute atomic E-state index is 0.0859. The first-order valence-electron chi connectivity index (χ1n) is 12.1. The minimum Gasteiger partial charge on any atom is -0.497 e. The Hall–Kier alpha value is -3.37. The van der Waals surface area contributed by atoms with Crippen molar-refractivity contribution in [3.63, 3.8) is 0 Å². The number of carbonyl (C=O) groups excluding carboxylic acids is 2. The number of carbonyl (C=O) groups is 2. The summed E-state index contributed by atoms with van der Waals surface area (Å²) in [4.78, 5) is 28.7. The normalized spacial score (nSPS) is 11.9. The molecule has 0 fully saturated rings. The van der Waals surface area contributed by atoms with Crippen LogP contribution < -0.4 is 14.4 Å². The van der Waals surface area contributed by atoms with Gasteiger partial charge < -0.3 is 15.0 Å². The first kappa shape index (κ1) is 29.2. The van der Waals surface area contributed by atoms with E-state index in [1.165, 1.54) is 4.90 Å². The lowest BCUT2D eigenvalue weighted by Crippen LogP contribution is -2.53. The molecule has 3 rings (SSSR count). The lowest BCUT2D eigenvalue weighted by atomic mass is 10.0. The summed E-state index contributed by atoms with van der Waals surface area (Å²) in [6.07, 6.45) is 1.32. The molecule has 0 saturated heterocycles. The van der Waals surface area contributed by atoms with E-state index in [2.05, 4.69) is 21.2 Å². The summed E-state index contributed by atoms with van der Waals surface area (Å²) < 4.78 is 32.7. The molecule has 0 heterocycles. The highest BCUT2D eigenvalue weighted by Crippen LogP contribution is 2.23. The van der Waals surface area contributed by atoms with Crippen molar-refractivity contribution in [2.45, 2.75) is 25.9 Å². The third-order valence-corrected chi connectivity index (χ3v) is 7.57. The molecule has 1 unspecified atom stereocenters. The van der Waals surface area contributed by atoms with E-state index in [0.717, 1.165) is 26.2 Å². The number of methoxy groups -OCH3 is 1. The van der Waals surface area contributed by atoms with Gasteiger partial charge in [0.2, 0.25) is 21.8 Å². The predicted octanol–water partition coefficient (Wildman–Crippen LogP) is 4.00. The maximum atomic E-state index is 13.9. The summed E-state index contributed by atoms with van der Waals surface area (Å²) in [6.45, 7) is 1.82. The molecule has 0 spiro atoms. The Labute approximate surface area is 232 Å². The van der Waals surface area contributed by atoms with Crippen molar-refractivity contribution in [1.82, 2.24) is 10.2 Å². The number of sulfonamides is 1. The molecule has 1 N–H and O–H groups in total. The van der Waals surface area contributed by atoms with Gasteiger partial charge in [0.25, 0.3) is 0 Å². The summed E-state index contributed by atoms with van der Waals surface area (Å²) in [5, 5.41) is 2.84. The molecule has 0 aliphatic heterocycles. The van der Waals surface area contributed by atoms with Gasteiger partial charge in [-0.05, 0) is 54.4 Å². The SMILES string of the molecule is CCNC(=O)C(Cc1ccccc1)N(Cc1cccc(OC)c1)C(=O)CN(c1ccc(Br)cc1)S(C)(=O)=O. The maximum absolute atomic E-state index is 13.9. The number of nitrogens with zero attached hydrogens (tertiary/aromatic N) is 2. The van der Waals surface area contributed by atoms with E-state index in [4.69, 9.17) is 4.74 Å². The van der Waals surface area contributed by atoms with E-state index in [-0.39, 0.29) is 18.9 Å². The molecule has 0 aliphatic rings. The zero-order valence-corrected chi connectivity index (χ0v) is 24.0. The highest BCUT2D eigenvalue weighted by molar-refractivity contribution is 9.10. The average molecular weight is 603 g/mol. The molecule has 2 amide bonds. The molecule has 38 heavy (non-hydrogen) atoms. The summed E-state index contributed by atoms with van der Waals surface area (Å²) in [7, 11) is -2.26. The highest BCUT2D eigenvalue weighted by atomic mass is 79.9. The van der Waals surface area contributed by atoms with Crippen LogP contribution in [0.15, 0.2) is 83.3 Å². The topological polar surface area (TPSA) is 96.0 Å². The number of halogens is 1. The highest BCUT2D eigenvalue weighted by Gasteiger charge is 2.32. The Morgan fingerprint density at radius 1 is 0.974 bits per heavy atom. The predicted molar refractivity (Wildman–Crippen MR) is 152 cm³/mol. The van der Waals surface area contributed by atoms with E-state index in [0.29, 0.717) is 18.0 Å².